The molecule has 1 aromatic carbocycles. The van der Waals surface area contributed by atoms with E-state index in [4.69, 9.17) is 0 Å². The maximum absolute atomic E-state index is 12.2. The molecule has 1 aliphatic rings. The fourth-order valence-corrected chi connectivity index (χ4v) is 6.88. The molecular formula is C8H5F3INO4S. The monoisotopic (exact) mass is 395 g/mol. The van der Waals surface area contributed by atoms with E-state index in [0.29, 0.717) is 0 Å². The molecule has 2 rings (SSSR count). The fraction of sp³-hybridized carbons (Fsp3) is 0.125. The molecule has 0 unspecified atom stereocenters. The van der Waals surface area contributed by atoms with Crippen LogP contribution in [0, 0.1) is 3.57 Å². The third-order valence-electron chi connectivity index (χ3n) is 1.90. The van der Waals surface area contributed by atoms with Gasteiger partial charge in [-0.05, 0) is 0 Å². The van der Waals surface area contributed by atoms with Gasteiger partial charge in [0.05, 0.1) is 0 Å². The first-order valence-electron chi connectivity index (χ1n) is 4.33. The summed E-state index contributed by atoms with van der Waals surface area (Å²) >= 11 is -3.36. The number of hydrogen-bond acceptors (Lipinski definition) is 4. The first-order chi connectivity index (χ1) is 8.22. The van der Waals surface area contributed by atoms with Gasteiger partial charge in [-0.1, -0.05) is 0 Å². The molecule has 1 amide bonds. The SMILES string of the molecule is O=C1NI(OS(=O)(=O)C(F)(F)F)c2ccccc21. The second-order valence-corrected chi connectivity index (χ2v) is 8.81. The zero-order valence-electron chi connectivity index (χ0n) is 8.36. The van der Waals surface area contributed by atoms with Crippen molar-refractivity contribution in [3.05, 3.63) is 33.4 Å². The van der Waals surface area contributed by atoms with E-state index in [2.05, 4.69) is 6.04 Å². The molecule has 0 saturated carbocycles. The van der Waals surface area contributed by atoms with Crippen molar-refractivity contribution in [2.24, 2.45) is 0 Å². The summed E-state index contributed by atoms with van der Waals surface area (Å²) in [6, 6.07) is 5.79. The molecule has 18 heavy (non-hydrogen) atoms. The van der Waals surface area contributed by atoms with Gasteiger partial charge in [-0.3, -0.25) is 0 Å². The molecular weight excluding hydrogens is 390 g/mol. The maximum atomic E-state index is 12.2. The van der Waals surface area contributed by atoms with Crippen LogP contribution in [0.2, 0.25) is 0 Å². The zero-order chi connectivity index (χ0) is 13.6. The van der Waals surface area contributed by atoms with Crippen LogP contribution < -0.4 is 3.53 Å². The van der Waals surface area contributed by atoms with Gasteiger partial charge in [-0.25, -0.2) is 0 Å². The summed E-state index contributed by atoms with van der Waals surface area (Å²) in [6.07, 6.45) is 0. The molecule has 100 valence electrons. The number of amides is 1. The minimum atomic E-state index is -5.69. The summed E-state index contributed by atoms with van der Waals surface area (Å²) in [5.41, 5.74) is -5.34. The molecule has 1 aromatic rings. The summed E-state index contributed by atoms with van der Waals surface area (Å²) < 4.78 is 64.7. The molecule has 5 nitrogen and oxygen atoms in total. The molecule has 0 bridgehead atoms. The topological polar surface area (TPSA) is 72.5 Å². The number of rotatable bonds is 2. The van der Waals surface area contributed by atoms with Crippen LogP contribution in [-0.2, 0) is 12.6 Å². The van der Waals surface area contributed by atoms with Crippen molar-refractivity contribution in [3.8, 4) is 0 Å². The van der Waals surface area contributed by atoms with Crippen LogP contribution in [0.5, 0.6) is 0 Å². The number of alkyl halides is 3. The van der Waals surface area contributed by atoms with E-state index in [-0.39, 0.29) is 9.13 Å². The molecule has 0 aromatic heterocycles. The molecule has 1 aliphatic heterocycles. The van der Waals surface area contributed by atoms with Crippen molar-refractivity contribution >= 4 is 36.5 Å². The number of hydrogen-bond donors (Lipinski definition) is 1. The van der Waals surface area contributed by atoms with E-state index in [9.17, 15) is 26.4 Å². The molecule has 1 heterocycles. The predicted octanol–water partition coefficient (Wildman–Crippen LogP) is 1.80. The first-order valence-corrected chi connectivity index (χ1v) is 8.78. The van der Waals surface area contributed by atoms with E-state index in [1.54, 1.807) is 0 Å². The van der Waals surface area contributed by atoms with Gasteiger partial charge in [0.15, 0.2) is 0 Å². The van der Waals surface area contributed by atoms with Crippen LogP contribution >= 0.6 is 20.5 Å². The van der Waals surface area contributed by atoms with Gasteiger partial charge < -0.3 is 0 Å². The van der Waals surface area contributed by atoms with E-state index >= 15 is 0 Å². The predicted molar refractivity (Wildman–Crippen MR) is 62.7 cm³/mol. The summed E-state index contributed by atoms with van der Waals surface area (Å²) in [4.78, 5) is 11.4. The Hall–Kier alpha value is -0.880. The van der Waals surface area contributed by atoms with Gasteiger partial charge in [-0.2, -0.15) is 0 Å². The summed E-state index contributed by atoms with van der Waals surface area (Å²) in [7, 11) is -5.69. The van der Waals surface area contributed by atoms with Crippen LogP contribution in [0.1, 0.15) is 10.4 Å². The van der Waals surface area contributed by atoms with Gasteiger partial charge >= 0.3 is 108 Å². The Morgan fingerprint density at radius 3 is 2.44 bits per heavy atom. The molecule has 10 heteroatoms. The Morgan fingerprint density at radius 1 is 1.22 bits per heavy atom. The molecule has 0 radical (unpaired) electrons. The van der Waals surface area contributed by atoms with Crippen molar-refractivity contribution in [1.82, 2.24) is 3.53 Å². The third kappa shape index (κ3) is 2.31. The number of halogens is 4. The first kappa shape index (κ1) is 13.5. The number of nitrogens with one attached hydrogen (secondary N) is 1. The van der Waals surface area contributed by atoms with Crippen LogP contribution in [0.4, 0.5) is 13.2 Å². The Kier molecular flexibility index (Phi) is 3.27. The van der Waals surface area contributed by atoms with Crippen LogP contribution in [0.15, 0.2) is 24.3 Å². The number of fused-ring (bicyclic) bond motifs is 1. The van der Waals surface area contributed by atoms with E-state index < -0.39 is 42.0 Å². The van der Waals surface area contributed by atoms with Crippen LogP contribution in [0.3, 0.4) is 0 Å². The molecule has 0 spiro atoms. The van der Waals surface area contributed by atoms with Crippen LogP contribution in [-0.4, -0.2) is 19.8 Å². The Labute approximate surface area is 108 Å². The average molecular weight is 395 g/mol. The van der Waals surface area contributed by atoms with E-state index in [0.717, 1.165) is 0 Å². The van der Waals surface area contributed by atoms with Gasteiger partial charge in [-0.15, -0.1) is 0 Å². The van der Waals surface area contributed by atoms with Crippen molar-refractivity contribution in [2.45, 2.75) is 5.51 Å². The van der Waals surface area contributed by atoms with Crippen molar-refractivity contribution in [3.63, 3.8) is 0 Å². The standard InChI is InChI=1S/C8H5F3INO4S/c9-8(10,11)18(15,16)17-12-6-4-2-1-3-5(6)7(14)13-12/h1-4H,(H,13,14). The van der Waals surface area contributed by atoms with Gasteiger partial charge in [0.1, 0.15) is 0 Å². The van der Waals surface area contributed by atoms with Gasteiger partial charge in [0, 0.05) is 0 Å². The van der Waals surface area contributed by atoms with Gasteiger partial charge in [0.2, 0.25) is 0 Å². The van der Waals surface area contributed by atoms with Crippen molar-refractivity contribution in [1.29, 1.82) is 0 Å². The Balaban J connectivity index is 2.32. The van der Waals surface area contributed by atoms with Crippen molar-refractivity contribution in [2.75, 3.05) is 0 Å². The molecule has 0 fully saturated rings. The number of carbonyl (C=O) groups is 1. The van der Waals surface area contributed by atoms with E-state index in [1.165, 1.54) is 24.3 Å². The molecule has 0 saturated heterocycles. The van der Waals surface area contributed by atoms with Crippen molar-refractivity contribution < 1.29 is 28.9 Å². The second kappa shape index (κ2) is 4.35. The minimum absolute atomic E-state index is 0.153. The molecule has 1 N–H and O–H groups in total. The summed E-state index contributed by atoms with van der Waals surface area (Å²) in [5.74, 6) is -0.617. The fourth-order valence-electron chi connectivity index (χ4n) is 1.14. The Bertz CT molecular complexity index is 601. The van der Waals surface area contributed by atoms with Crippen LogP contribution in [0.25, 0.3) is 0 Å². The second-order valence-electron chi connectivity index (χ2n) is 3.12. The molecule has 0 atom stereocenters. The third-order valence-corrected chi connectivity index (χ3v) is 8.24. The quantitative estimate of drug-likeness (QED) is 0.471. The zero-order valence-corrected chi connectivity index (χ0v) is 11.3. The van der Waals surface area contributed by atoms with E-state index in [1.807, 2.05) is 0 Å². The van der Waals surface area contributed by atoms with Gasteiger partial charge in [0.25, 0.3) is 0 Å². The average Bonchev–Trinajstić information content (AvgIpc) is 2.55. The summed E-state index contributed by atoms with van der Waals surface area (Å²) in [5, 5.41) is 0. The number of carbonyl (C=O) groups excluding carboxylic acids is 1. The Morgan fingerprint density at radius 2 is 1.83 bits per heavy atom. The summed E-state index contributed by atoms with van der Waals surface area (Å²) in [6.45, 7) is 0. The molecule has 0 aliphatic carbocycles. The number of benzene rings is 1. The normalized spacial score (nSPS) is 17.5.